The van der Waals surface area contributed by atoms with E-state index in [2.05, 4.69) is 33.2 Å². The molecule has 0 saturated carbocycles. The van der Waals surface area contributed by atoms with Crippen molar-refractivity contribution in [1.29, 1.82) is 0 Å². The molecule has 0 bridgehead atoms. The molecule has 3 heterocycles. The van der Waals surface area contributed by atoms with Crippen LogP contribution in [0.3, 0.4) is 0 Å². The Hall–Kier alpha value is -2.69. The molecule has 104 valence electrons. The maximum absolute atomic E-state index is 12.4. The molecule has 5 nitrogen and oxygen atoms in total. The fourth-order valence-corrected chi connectivity index (χ4v) is 2.95. The number of amides is 1. The second kappa shape index (κ2) is 4.70. The summed E-state index contributed by atoms with van der Waals surface area (Å²) in [5.41, 5.74) is 4.05. The lowest BCUT2D eigenvalue weighted by atomic mass is 10.0. The lowest BCUT2D eigenvalue weighted by molar-refractivity contribution is 0.0727. The number of hydrogen-bond acceptors (Lipinski definition) is 3. The summed E-state index contributed by atoms with van der Waals surface area (Å²) in [6, 6.07) is 9.93. The summed E-state index contributed by atoms with van der Waals surface area (Å²) in [5.74, 6) is -0.0401. The van der Waals surface area contributed by atoms with E-state index >= 15 is 0 Å². The minimum absolute atomic E-state index is 0.0401. The standard InChI is InChI=1S/C16H14N4O/c21-16(14-5-7-17-10-18-14)20-8-6-12-11-3-1-2-4-13(11)19-15(12)9-20/h1-5,7,10,19H,6,8-9H2. The summed E-state index contributed by atoms with van der Waals surface area (Å²) in [5, 5.41) is 1.27. The van der Waals surface area contributed by atoms with Crippen LogP contribution in [-0.2, 0) is 13.0 Å². The van der Waals surface area contributed by atoms with Gasteiger partial charge in [0.15, 0.2) is 0 Å². The fourth-order valence-electron chi connectivity index (χ4n) is 2.95. The molecular weight excluding hydrogens is 264 g/mol. The van der Waals surface area contributed by atoms with Crippen LogP contribution in [0.5, 0.6) is 0 Å². The Bertz CT molecular complexity index is 810. The Balaban J connectivity index is 1.66. The van der Waals surface area contributed by atoms with E-state index in [1.54, 1.807) is 12.3 Å². The number of benzene rings is 1. The van der Waals surface area contributed by atoms with Crippen molar-refractivity contribution in [2.75, 3.05) is 6.54 Å². The highest BCUT2D eigenvalue weighted by atomic mass is 16.2. The molecule has 1 aliphatic heterocycles. The lowest BCUT2D eigenvalue weighted by Crippen LogP contribution is -2.36. The normalized spacial score (nSPS) is 14.2. The van der Waals surface area contributed by atoms with E-state index in [0.29, 0.717) is 12.2 Å². The molecule has 0 fully saturated rings. The molecule has 3 aromatic rings. The van der Waals surface area contributed by atoms with Gasteiger partial charge >= 0.3 is 0 Å². The van der Waals surface area contributed by atoms with Crippen LogP contribution < -0.4 is 0 Å². The van der Waals surface area contributed by atoms with Crippen LogP contribution in [-0.4, -0.2) is 32.3 Å². The molecule has 0 unspecified atom stereocenters. The molecule has 0 spiro atoms. The number of hydrogen-bond donors (Lipinski definition) is 1. The first-order valence-electron chi connectivity index (χ1n) is 6.96. The van der Waals surface area contributed by atoms with Gasteiger partial charge in [0.1, 0.15) is 12.0 Å². The maximum atomic E-state index is 12.4. The summed E-state index contributed by atoms with van der Waals surface area (Å²) in [6.07, 6.45) is 3.88. The summed E-state index contributed by atoms with van der Waals surface area (Å²) in [7, 11) is 0. The number of nitrogens with zero attached hydrogens (tertiary/aromatic N) is 3. The predicted molar refractivity (Wildman–Crippen MR) is 78.8 cm³/mol. The monoisotopic (exact) mass is 278 g/mol. The molecule has 2 aromatic heterocycles. The van der Waals surface area contributed by atoms with Crippen LogP contribution in [0.4, 0.5) is 0 Å². The summed E-state index contributed by atoms with van der Waals surface area (Å²) in [4.78, 5) is 25.6. The van der Waals surface area contributed by atoms with Gasteiger partial charge in [0, 0.05) is 29.3 Å². The van der Waals surface area contributed by atoms with Crippen molar-refractivity contribution in [3.63, 3.8) is 0 Å². The molecule has 1 aromatic carbocycles. The first-order chi connectivity index (χ1) is 10.3. The molecular formula is C16H14N4O. The Morgan fingerprint density at radius 3 is 3.00 bits per heavy atom. The zero-order valence-corrected chi connectivity index (χ0v) is 11.4. The number of nitrogens with one attached hydrogen (secondary N) is 1. The highest BCUT2D eigenvalue weighted by Gasteiger charge is 2.25. The second-order valence-corrected chi connectivity index (χ2v) is 5.20. The van der Waals surface area contributed by atoms with Crippen molar-refractivity contribution in [2.45, 2.75) is 13.0 Å². The number of rotatable bonds is 1. The van der Waals surface area contributed by atoms with Gasteiger partial charge in [-0.1, -0.05) is 18.2 Å². The van der Waals surface area contributed by atoms with Crippen molar-refractivity contribution in [2.24, 2.45) is 0 Å². The van der Waals surface area contributed by atoms with Crippen LogP contribution in [0.1, 0.15) is 21.7 Å². The number of para-hydroxylation sites is 1. The predicted octanol–water partition coefficient (Wildman–Crippen LogP) is 2.16. The Kier molecular flexibility index (Phi) is 2.70. The van der Waals surface area contributed by atoms with Crippen LogP contribution in [0.25, 0.3) is 10.9 Å². The molecule has 1 N–H and O–H groups in total. The number of fused-ring (bicyclic) bond motifs is 3. The van der Waals surface area contributed by atoms with Crippen molar-refractivity contribution < 1.29 is 4.79 Å². The zero-order chi connectivity index (χ0) is 14.2. The van der Waals surface area contributed by atoms with Gasteiger partial charge in [-0.2, -0.15) is 0 Å². The molecule has 0 atom stereocenters. The van der Waals surface area contributed by atoms with Gasteiger partial charge in [-0.15, -0.1) is 0 Å². The highest BCUT2D eigenvalue weighted by molar-refractivity contribution is 5.93. The quantitative estimate of drug-likeness (QED) is 0.742. The summed E-state index contributed by atoms with van der Waals surface area (Å²) >= 11 is 0. The number of H-pyrrole nitrogens is 1. The Morgan fingerprint density at radius 1 is 1.24 bits per heavy atom. The first kappa shape index (κ1) is 12.1. The van der Waals surface area contributed by atoms with Crippen LogP contribution >= 0.6 is 0 Å². The van der Waals surface area contributed by atoms with Crippen molar-refractivity contribution in [3.8, 4) is 0 Å². The van der Waals surface area contributed by atoms with Gasteiger partial charge in [0.2, 0.25) is 0 Å². The lowest BCUT2D eigenvalue weighted by Gasteiger charge is -2.26. The minimum Gasteiger partial charge on any atom is -0.357 e. The van der Waals surface area contributed by atoms with Crippen LogP contribution in [0.2, 0.25) is 0 Å². The van der Waals surface area contributed by atoms with Crippen molar-refractivity contribution in [1.82, 2.24) is 19.9 Å². The fraction of sp³-hybridized carbons (Fsp3) is 0.188. The topological polar surface area (TPSA) is 61.9 Å². The van der Waals surface area contributed by atoms with E-state index in [-0.39, 0.29) is 5.91 Å². The first-order valence-corrected chi connectivity index (χ1v) is 6.96. The Morgan fingerprint density at radius 2 is 2.14 bits per heavy atom. The number of aromatic nitrogens is 3. The molecule has 1 aliphatic rings. The third-order valence-corrected chi connectivity index (χ3v) is 3.97. The van der Waals surface area contributed by atoms with Gasteiger partial charge < -0.3 is 9.88 Å². The maximum Gasteiger partial charge on any atom is 0.272 e. The molecule has 5 heteroatoms. The average Bonchev–Trinajstić information content (AvgIpc) is 2.92. The third-order valence-electron chi connectivity index (χ3n) is 3.97. The largest absolute Gasteiger partial charge is 0.357 e. The number of aromatic amines is 1. The second-order valence-electron chi connectivity index (χ2n) is 5.20. The van der Waals surface area contributed by atoms with Gasteiger partial charge in [-0.05, 0) is 24.1 Å². The molecule has 21 heavy (non-hydrogen) atoms. The molecule has 1 amide bonds. The minimum atomic E-state index is -0.0401. The van der Waals surface area contributed by atoms with Crippen LogP contribution in [0.15, 0.2) is 42.9 Å². The number of carbonyl (C=O) groups is 1. The highest BCUT2D eigenvalue weighted by Crippen LogP contribution is 2.27. The van der Waals surface area contributed by atoms with Gasteiger partial charge in [0.05, 0.1) is 6.54 Å². The number of carbonyl (C=O) groups excluding carboxylic acids is 1. The Labute approximate surface area is 121 Å². The van der Waals surface area contributed by atoms with E-state index in [0.717, 1.165) is 24.2 Å². The third kappa shape index (κ3) is 1.98. The summed E-state index contributed by atoms with van der Waals surface area (Å²) < 4.78 is 0. The SMILES string of the molecule is O=C(c1ccncn1)N1CCc2c([nH]c3ccccc23)C1. The van der Waals surface area contributed by atoms with E-state index in [4.69, 9.17) is 0 Å². The smallest absolute Gasteiger partial charge is 0.272 e. The molecule has 0 saturated heterocycles. The molecule has 0 aliphatic carbocycles. The molecule has 0 radical (unpaired) electrons. The van der Waals surface area contributed by atoms with Gasteiger partial charge in [0.25, 0.3) is 5.91 Å². The summed E-state index contributed by atoms with van der Waals surface area (Å²) in [6.45, 7) is 1.32. The van der Waals surface area contributed by atoms with Crippen LogP contribution in [0, 0.1) is 0 Å². The van der Waals surface area contributed by atoms with E-state index in [1.807, 2.05) is 11.0 Å². The average molecular weight is 278 g/mol. The zero-order valence-electron chi connectivity index (χ0n) is 11.4. The van der Waals surface area contributed by atoms with Gasteiger partial charge in [-0.25, -0.2) is 9.97 Å². The van der Waals surface area contributed by atoms with E-state index in [1.165, 1.54) is 17.3 Å². The van der Waals surface area contributed by atoms with E-state index in [9.17, 15) is 4.79 Å². The van der Waals surface area contributed by atoms with Crippen molar-refractivity contribution in [3.05, 3.63) is 59.8 Å². The molecule has 4 rings (SSSR count). The van der Waals surface area contributed by atoms with E-state index < -0.39 is 0 Å². The van der Waals surface area contributed by atoms with Gasteiger partial charge in [-0.3, -0.25) is 4.79 Å². The van der Waals surface area contributed by atoms with Crippen molar-refractivity contribution >= 4 is 16.8 Å².